The van der Waals surface area contributed by atoms with Crippen LogP contribution >= 0.6 is 47.9 Å². The normalized spacial score (nSPS) is 13.6. The first-order valence-electron chi connectivity index (χ1n) is 5.87. The molecular formula is C12H16N2S4. The predicted octanol–water partition coefficient (Wildman–Crippen LogP) is 4.48. The van der Waals surface area contributed by atoms with Crippen LogP contribution in [0.15, 0.2) is 29.2 Å². The minimum Gasteiger partial charge on any atom is -0.306 e. The van der Waals surface area contributed by atoms with Gasteiger partial charge < -0.3 is 4.90 Å². The van der Waals surface area contributed by atoms with Crippen LogP contribution in [0, 0.1) is 0 Å². The molecule has 1 aliphatic heterocycles. The Hall–Kier alpha value is -0.0400. The third kappa shape index (κ3) is 3.10. The van der Waals surface area contributed by atoms with Crippen LogP contribution in [0.2, 0.25) is 0 Å². The number of hydrogen-bond donors (Lipinski definition) is 0. The summed E-state index contributed by atoms with van der Waals surface area (Å²) in [4.78, 5) is 3.54. The second kappa shape index (κ2) is 6.93. The van der Waals surface area contributed by atoms with Crippen molar-refractivity contribution in [3.05, 3.63) is 24.3 Å². The number of hydrogen-bond acceptors (Lipinski definition) is 4. The lowest BCUT2D eigenvalue weighted by atomic mass is 10.3. The van der Waals surface area contributed by atoms with Crippen molar-refractivity contribution in [2.75, 3.05) is 22.3 Å². The molecule has 98 valence electrons. The lowest BCUT2D eigenvalue weighted by Gasteiger charge is -2.28. The smallest absolute Gasteiger partial charge is 0.197 e. The van der Waals surface area contributed by atoms with Gasteiger partial charge in [0, 0.05) is 16.4 Å². The number of thioether (sulfide) groups is 1. The van der Waals surface area contributed by atoms with E-state index in [0.717, 1.165) is 22.5 Å². The van der Waals surface area contributed by atoms with Crippen LogP contribution in [0.25, 0.3) is 0 Å². The lowest BCUT2D eigenvalue weighted by molar-refractivity contribution is 1.06. The molecule has 6 heteroatoms. The van der Waals surface area contributed by atoms with Gasteiger partial charge in [0.1, 0.15) is 0 Å². The Kier molecular flexibility index (Phi) is 5.54. The molecule has 1 heterocycles. The molecule has 0 saturated heterocycles. The third-order valence-electron chi connectivity index (χ3n) is 2.39. The summed E-state index contributed by atoms with van der Waals surface area (Å²) in [6, 6.07) is 8.46. The van der Waals surface area contributed by atoms with Crippen LogP contribution in [0.3, 0.4) is 0 Å². The largest absolute Gasteiger partial charge is 0.306 e. The van der Waals surface area contributed by atoms with Gasteiger partial charge in [-0.2, -0.15) is 0 Å². The average Bonchev–Trinajstić information content (AvgIpc) is 2.81. The molecule has 2 rings (SSSR count). The number of para-hydroxylation sites is 1. The van der Waals surface area contributed by atoms with Crippen LogP contribution in [0.1, 0.15) is 13.8 Å². The summed E-state index contributed by atoms with van der Waals surface area (Å²) in [5.41, 5.74) is 1.24. The second-order valence-corrected chi connectivity index (χ2v) is 7.53. The van der Waals surface area contributed by atoms with Crippen LogP contribution in [-0.4, -0.2) is 26.2 Å². The van der Waals surface area contributed by atoms with Crippen LogP contribution in [0.5, 0.6) is 0 Å². The van der Waals surface area contributed by atoms with E-state index >= 15 is 0 Å². The Balaban J connectivity index is 2.14. The quantitative estimate of drug-likeness (QED) is 0.592. The van der Waals surface area contributed by atoms with E-state index in [1.165, 1.54) is 10.6 Å². The van der Waals surface area contributed by atoms with E-state index in [1.807, 2.05) is 11.8 Å². The van der Waals surface area contributed by atoms with Crippen molar-refractivity contribution in [3.8, 4) is 0 Å². The highest BCUT2D eigenvalue weighted by atomic mass is 32.2. The molecule has 0 fully saturated rings. The third-order valence-corrected chi connectivity index (χ3v) is 6.03. The Morgan fingerprint density at radius 3 is 2.67 bits per heavy atom. The van der Waals surface area contributed by atoms with Crippen molar-refractivity contribution < 1.29 is 0 Å². The summed E-state index contributed by atoms with van der Waals surface area (Å²) >= 11 is 11.0. The molecule has 0 bridgehead atoms. The zero-order chi connectivity index (χ0) is 13.0. The highest BCUT2D eigenvalue weighted by Crippen LogP contribution is 2.40. The summed E-state index contributed by atoms with van der Waals surface area (Å²) in [5, 5.41) is 0.908. The van der Waals surface area contributed by atoms with E-state index < -0.39 is 0 Å². The fraction of sp³-hybridized carbons (Fsp3) is 0.417. The molecule has 0 atom stereocenters. The van der Waals surface area contributed by atoms with Crippen molar-refractivity contribution in [3.63, 3.8) is 0 Å². The molecule has 0 saturated carbocycles. The number of anilines is 1. The monoisotopic (exact) mass is 316 g/mol. The van der Waals surface area contributed by atoms with E-state index in [0.29, 0.717) is 0 Å². The van der Waals surface area contributed by atoms with Crippen LogP contribution in [0.4, 0.5) is 5.69 Å². The van der Waals surface area contributed by atoms with Gasteiger partial charge in [-0.3, -0.25) is 0 Å². The van der Waals surface area contributed by atoms with E-state index in [4.69, 9.17) is 12.2 Å². The summed E-state index contributed by atoms with van der Waals surface area (Å²) < 4.78 is 2.16. The van der Waals surface area contributed by atoms with Gasteiger partial charge in [-0.05, 0) is 48.2 Å². The maximum Gasteiger partial charge on any atom is 0.197 e. The van der Waals surface area contributed by atoms with Gasteiger partial charge in [-0.15, -0.1) is 11.8 Å². The SMILES string of the molecule is CCSN(SCC)C(=S)N1CSc2ccccc21. The minimum absolute atomic E-state index is 0.908. The van der Waals surface area contributed by atoms with E-state index in [9.17, 15) is 0 Å². The second-order valence-electron chi connectivity index (χ2n) is 3.54. The molecule has 0 radical (unpaired) electrons. The minimum atomic E-state index is 0.908. The number of thiocarbonyl (C=S) groups is 1. The molecule has 0 spiro atoms. The maximum absolute atomic E-state index is 5.64. The Morgan fingerprint density at radius 1 is 1.33 bits per heavy atom. The molecule has 0 aromatic heterocycles. The van der Waals surface area contributed by atoms with Gasteiger partial charge in [0.05, 0.1) is 11.6 Å². The molecular weight excluding hydrogens is 300 g/mol. The average molecular weight is 317 g/mol. The Bertz CT molecular complexity index is 418. The molecule has 18 heavy (non-hydrogen) atoms. The molecule has 1 aliphatic rings. The first-order valence-corrected chi connectivity index (χ1v) is 9.15. The lowest BCUT2D eigenvalue weighted by Crippen LogP contribution is -2.35. The highest BCUT2D eigenvalue weighted by Gasteiger charge is 2.26. The van der Waals surface area contributed by atoms with E-state index in [2.05, 4.69) is 46.7 Å². The fourth-order valence-corrected chi connectivity index (χ4v) is 5.05. The summed E-state index contributed by atoms with van der Waals surface area (Å²) in [5.74, 6) is 2.99. The van der Waals surface area contributed by atoms with Crippen LogP contribution in [-0.2, 0) is 0 Å². The molecule has 2 nitrogen and oxygen atoms in total. The molecule has 1 aromatic rings. The maximum atomic E-state index is 5.64. The fourth-order valence-electron chi connectivity index (χ4n) is 1.64. The van der Waals surface area contributed by atoms with Crippen molar-refractivity contribution in [1.29, 1.82) is 0 Å². The van der Waals surface area contributed by atoms with Gasteiger partial charge in [0.2, 0.25) is 0 Å². The summed E-state index contributed by atoms with van der Waals surface area (Å²) in [6.45, 7) is 4.31. The highest BCUT2D eigenvalue weighted by molar-refractivity contribution is 8.13. The molecule has 0 unspecified atom stereocenters. The first-order chi connectivity index (χ1) is 8.77. The van der Waals surface area contributed by atoms with Crippen molar-refractivity contribution >= 4 is 58.7 Å². The zero-order valence-electron chi connectivity index (χ0n) is 10.5. The summed E-state index contributed by atoms with van der Waals surface area (Å²) in [6.07, 6.45) is 0. The Morgan fingerprint density at radius 2 is 2.00 bits per heavy atom. The van der Waals surface area contributed by atoms with Crippen molar-refractivity contribution in [2.24, 2.45) is 0 Å². The van der Waals surface area contributed by atoms with E-state index in [1.54, 1.807) is 23.9 Å². The topological polar surface area (TPSA) is 6.48 Å². The first kappa shape index (κ1) is 14.4. The standard InChI is InChI=1S/C12H16N2S4/c1-3-17-14(18-4-2)12(15)13-9-16-11-8-6-5-7-10(11)13/h5-8H,3-4,9H2,1-2H3. The summed E-state index contributed by atoms with van der Waals surface area (Å²) in [7, 11) is 0. The molecule has 0 amide bonds. The number of benzene rings is 1. The van der Waals surface area contributed by atoms with Gasteiger partial charge >= 0.3 is 0 Å². The Labute approximate surface area is 127 Å². The molecule has 0 aliphatic carbocycles. The molecule has 0 N–H and O–H groups in total. The number of rotatable bonds is 4. The van der Waals surface area contributed by atoms with Gasteiger partial charge in [-0.25, -0.2) is 3.71 Å². The molecule has 1 aromatic carbocycles. The predicted molar refractivity (Wildman–Crippen MR) is 90.3 cm³/mol. The van der Waals surface area contributed by atoms with Gasteiger partial charge in [0.15, 0.2) is 5.11 Å². The van der Waals surface area contributed by atoms with Crippen molar-refractivity contribution in [1.82, 2.24) is 3.71 Å². The zero-order valence-corrected chi connectivity index (χ0v) is 13.7. The van der Waals surface area contributed by atoms with Gasteiger partial charge in [0.25, 0.3) is 0 Å². The number of nitrogens with zero attached hydrogens (tertiary/aromatic N) is 2. The van der Waals surface area contributed by atoms with Crippen LogP contribution < -0.4 is 4.90 Å². The number of fused-ring (bicyclic) bond motifs is 1. The van der Waals surface area contributed by atoms with Crippen molar-refractivity contribution in [2.45, 2.75) is 18.7 Å². The van der Waals surface area contributed by atoms with Gasteiger partial charge in [-0.1, -0.05) is 26.0 Å². The van der Waals surface area contributed by atoms with E-state index in [-0.39, 0.29) is 0 Å².